The van der Waals surface area contributed by atoms with Gasteiger partial charge in [0.25, 0.3) is 0 Å². The molecule has 3 heteroatoms. The van der Waals surface area contributed by atoms with Crippen LogP contribution in [0.3, 0.4) is 0 Å². The number of hydrogen-bond acceptors (Lipinski definition) is 2. The summed E-state index contributed by atoms with van der Waals surface area (Å²) in [6, 6.07) is 18.2. The summed E-state index contributed by atoms with van der Waals surface area (Å²) < 4.78 is 5.50. The molecule has 120 valence electrons. The largest absolute Gasteiger partial charge is 0.381 e. The van der Waals surface area contributed by atoms with E-state index in [1.54, 1.807) is 0 Å². The number of rotatable bonds is 4. The van der Waals surface area contributed by atoms with Gasteiger partial charge >= 0.3 is 0 Å². The standard InChI is InChI=1S/C20H23NO2/c1-2-16-8-10-18(11-9-16)21-19(22)20(12-14-23-15-13-20)17-6-4-3-5-7-17/h3-11H,2,12-15H2,1H3,(H,21,22). The van der Waals surface area contributed by atoms with Gasteiger partial charge in [0.1, 0.15) is 0 Å². The quantitative estimate of drug-likeness (QED) is 0.929. The number of amides is 1. The van der Waals surface area contributed by atoms with Crippen LogP contribution in [0.4, 0.5) is 5.69 Å². The summed E-state index contributed by atoms with van der Waals surface area (Å²) in [5, 5.41) is 3.11. The monoisotopic (exact) mass is 309 g/mol. The van der Waals surface area contributed by atoms with Crippen molar-refractivity contribution in [3.63, 3.8) is 0 Å². The van der Waals surface area contributed by atoms with Crippen LogP contribution in [0.1, 0.15) is 30.9 Å². The number of ether oxygens (including phenoxy) is 1. The van der Waals surface area contributed by atoms with Crippen molar-refractivity contribution in [2.24, 2.45) is 0 Å². The highest BCUT2D eigenvalue weighted by atomic mass is 16.5. The molecule has 0 bridgehead atoms. The molecule has 1 heterocycles. The summed E-state index contributed by atoms with van der Waals surface area (Å²) in [7, 11) is 0. The third-order valence-corrected chi connectivity index (χ3v) is 4.73. The van der Waals surface area contributed by atoms with Crippen LogP contribution in [0.25, 0.3) is 0 Å². The van der Waals surface area contributed by atoms with Gasteiger partial charge in [-0.2, -0.15) is 0 Å². The number of carbonyl (C=O) groups excluding carboxylic acids is 1. The summed E-state index contributed by atoms with van der Waals surface area (Å²) in [5.41, 5.74) is 2.70. The second-order valence-electron chi connectivity index (χ2n) is 6.07. The van der Waals surface area contributed by atoms with Crippen molar-refractivity contribution in [2.75, 3.05) is 18.5 Å². The topological polar surface area (TPSA) is 38.3 Å². The Morgan fingerprint density at radius 1 is 1.04 bits per heavy atom. The third-order valence-electron chi connectivity index (χ3n) is 4.73. The Labute approximate surface area is 137 Å². The van der Waals surface area contributed by atoms with Gasteiger partial charge in [0.05, 0.1) is 5.41 Å². The zero-order chi connectivity index (χ0) is 16.1. The number of anilines is 1. The molecule has 0 saturated carbocycles. The van der Waals surface area contributed by atoms with Gasteiger partial charge in [-0.15, -0.1) is 0 Å². The molecule has 0 unspecified atom stereocenters. The Kier molecular flexibility index (Phi) is 4.77. The first-order valence-corrected chi connectivity index (χ1v) is 8.28. The average Bonchev–Trinajstić information content (AvgIpc) is 2.63. The van der Waals surface area contributed by atoms with Crippen molar-refractivity contribution in [1.29, 1.82) is 0 Å². The molecular formula is C20H23NO2. The molecule has 0 atom stereocenters. The van der Waals surface area contributed by atoms with Crippen LogP contribution in [0, 0.1) is 0 Å². The van der Waals surface area contributed by atoms with Crippen molar-refractivity contribution >= 4 is 11.6 Å². The minimum Gasteiger partial charge on any atom is -0.381 e. The summed E-state index contributed by atoms with van der Waals surface area (Å²) >= 11 is 0. The first-order chi connectivity index (χ1) is 11.2. The van der Waals surface area contributed by atoms with Crippen LogP contribution < -0.4 is 5.32 Å². The zero-order valence-electron chi connectivity index (χ0n) is 13.5. The highest BCUT2D eigenvalue weighted by Gasteiger charge is 2.41. The van der Waals surface area contributed by atoms with Crippen molar-refractivity contribution in [1.82, 2.24) is 0 Å². The van der Waals surface area contributed by atoms with E-state index in [2.05, 4.69) is 24.4 Å². The second-order valence-corrected chi connectivity index (χ2v) is 6.07. The van der Waals surface area contributed by atoms with Gasteiger partial charge in [0.15, 0.2) is 0 Å². The van der Waals surface area contributed by atoms with Crippen LogP contribution in [0.5, 0.6) is 0 Å². The Hall–Kier alpha value is -2.13. The highest BCUT2D eigenvalue weighted by molar-refractivity contribution is 5.99. The molecule has 1 N–H and O–H groups in total. The van der Waals surface area contributed by atoms with Crippen LogP contribution in [-0.2, 0) is 21.4 Å². The van der Waals surface area contributed by atoms with Gasteiger partial charge in [-0.25, -0.2) is 0 Å². The molecule has 0 spiro atoms. The fourth-order valence-corrected chi connectivity index (χ4v) is 3.20. The van der Waals surface area contributed by atoms with Gasteiger partial charge in [0, 0.05) is 18.9 Å². The fraction of sp³-hybridized carbons (Fsp3) is 0.350. The fourth-order valence-electron chi connectivity index (χ4n) is 3.20. The SMILES string of the molecule is CCc1ccc(NC(=O)C2(c3ccccc3)CCOCC2)cc1. The van der Waals surface area contributed by atoms with Crippen molar-refractivity contribution in [3.05, 3.63) is 65.7 Å². The van der Waals surface area contributed by atoms with E-state index in [0.29, 0.717) is 13.2 Å². The average molecular weight is 309 g/mol. The maximum Gasteiger partial charge on any atom is 0.235 e. The highest BCUT2D eigenvalue weighted by Crippen LogP contribution is 2.36. The molecule has 3 nitrogen and oxygen atoms in total. The second kappa shape index (κ2) is 6.97. The van der Waals surface area contributed by atoms with Crippen LogP contribution in [0.2, 0.25) is 0 Å². The molecule has 3 rings (SSSR count). The van der Waals surface area contributed by atoms with E-state index >= 15 is 0 Å². The van der Waals surface area contributed by atoms with Gasteiger partial charge in [-0.1, -0.05) is 49.4 Å². The van der Waals surface area contributed by atoms with Gasteiger partial charge in [-0.05, 0) is 42.5 Å². The summed E-state index contributed by atoms with van der Waals surface area (Å²) in [5.74, 6) is 0.0660. The van der Waals surface area contributed by atoms with E-state index in [4.69, 9.17) is 4.74 Å². The van der Waals surface area contributed by atoms with E-state index in [9.17, 15) is 4.79 Å². The smallest absolute Gasteiger partial charge is 0.235 e. The Morgan fingerprint density at radius 3 is 2.30 bits per heavy atom. The van der Waals surface area contributed by atoms with Crippen molar-refractivity contribution in [2.45, 2.75) is 31.6 Å². The van der Waals surface area contributed by atoms with E-state index in [0.717, 1.165) is 30.5 Å². The molecule has 1 aliphatic heterocycles. The normalized spacial score (nSPS) is 16.7. The minimum absolute atomic E-state index is 0.0660. The van der Waals surface area contributed by atoms with Crippen LogP contribution >= 0.6 is 0 Å². The molecule has 23 heavy (non-hydrogen) atoms. The molecule has 0 aromatic heterocycles. The number of benzene rings is 2. The molecular weight excluding hydrogens is 286 g/mol. The Bertz CT molecular complexity index is 643. The number of aryl methyl sites for hydroxylation is 1. The van der Waals surface area contributed by atoms with Gasteiger partial charge in [0.2, 0.25) is 5.91 Å². The number of hydrogen-bond donors (Lipinski definition) is 1. The predicted molar refractivity (Wildman–Crippen MR) is 92.6 cm³/mol. The lowest BCUT2D eigenvalue weighted by molar-refractivity contribution is -0.125. The minimum atomic E-state index is -0.497. The molecule has 0 aliphatic carbocycles. The lowest BCUT2D eigenvalue weighted by atomic mass is 9.73. The van der Waals surface area contributed by atoms with Crippen molar-refractivity contribution in [3.8, 4) is 0 Å². The van der Waals surface area contributed by atoms with E-state index in [1.807, 2.05) is 42.5 Å². The first kappa shape index (κ1) is 15.8. The first-order valence-electron chi connectivity index (χ1n) is 8.28. The molecule has 1 amide bonds. The third kappa shape index (κ3) is 3.30. The van der Waals surface area contributed by atoms with E-state index in [-0.39, 0.29) is 5.91 Å². The number of carbonyl (C=O) groups is 1. The van der Waals surface area contributed by atoms with E-state index < -0.39 is 5.41 Å². The molecule has 2 aromatic carbocycles. The maximum absolute atomic E-state index is 13.1. The van der Waals surface area contributed by atoms with Gasteiger partial charge < -0.3 is 10.1 Å². The summed E-state index contributed by atoms with van der Waals surface area (Å²) in [4.78, 5) is 13.1. The lowest BCUT2D eigenvalue weighted by Gasteiger charge is -2.36. The zero-order valence-corrected chi connectivity index (χ0v) is 13.5. The molecule has 1 aliphatic rings. The van der Waals surface area contributed by atoms with Crippen molar-refractivity contribution < 1.29 is 9.53 Å². The molecule has 1 saturated heterocycles. The lowest BCUT2D eigenvalue weighted by Crippen LogP contribution is -2.44. The Balaban J connectivity index is 1.85. The molecule has 0 radical (unpaired) electrons. The summed E-state index contributed by atoms with van der Waals surface area (Å²) in [6.07, 6.45) is 2.44. The summed E-state index contributed by atoms with van der Waals surface area (Å²) in [6.45, 7) is 3.37. The van der Waals surface area contributed by atoms with Crippen LogP contribution in [-0.4, -0.2) is 19.1 Å². The van der Waals surface area contributed by atoms with Crippen LogP contribution in [0.15, 0.2) is 54.6 Å². The maximum atomic E-state index is 13.1. The molecule has 2 aromatic rings. The predicted octanol–water partition coefficient (Wildman–Crippen LogP) is 3.94. The van der Waals surface area contributed by atoms with Gasteiger partial charge in [-0.3, -0.25) is 4.79 Å². The Morgan fingerprint density at radius 2 is 1.70 bits per heavy atom. The number of nitrogens with one attached hydrogen (secondary N) is 1. The molecule has 1 fully saturated rings. The van der Waals surface area contributed by atoms with E-state index in [1.165, 1.54) is 5.56 Å².